The maximum absolute atomic E-state index is 12.6. The molecule has 3 rings (SSSR count). The first-order valence-corrected chi connectivity index (χ1v) is 8.38. The fourth-order valence-electron chi connectivity index (χ4n) is 3.50. The number of amides is 3. The molecule has 2 unspecified atom stereocenters. The first-order valence-electron chi connectivity index (χ1n) is 8.38. The van der Waals surface area contributed by atoms with Crippen molar-refractivity contribution in [3.63, 3.8) is 0 Å². The van der Waals surface area contributed by atoms with E-state index in [1.165, 1.54) is 0 Å². The van der Waals surface area contributed by atoms with Gasteiger partial charge in [-0.1, -0.05) is 6.42 Å². The molecule has 7 nitrogen and oxygen atoms in total. The van der Waals surface area contributed by atoms with E-state index in [4.69, 9.17) is 10.5 Å². The highest BCUT2D eigenvalue weighted by Gasteiger charge is 2.29. The first-order chi connectivity index (χ1) is 11.6. The minimum Gasteiger partial charge on any atom is -0.495 e. The van der Waals surface area contributed by atoms with Gasteiger partial charge in [-0.2, -0.15) is 0 Å². The number of nitrogens with two attached hydrogens (primary N) is 1. The average Bonchev–Trinajstić information content (AvgIpc) is 3.22. The number of hydrogen-bond acceptors (Lipinski definition) is 4. The molecule has 1 aliphatic carbocycles. The van der Waals surface area contributed by atoms with Crippen molar-refractivity contribution in [2.75, 3.05) is 31.6 Å². The molecule has 2 atom stereocenters. The Bertz CT molecular complexity index is 634. The molecule has 1 saturated heterocycles. The summed E-state index contributed by atoms with van der Waals surface area (Å²) in [5.41, 5.74) is 6.91. The molecule has 2 aliphatic rings. The summed E-state index contributed by atoms with van der Waals surface area (Å²) in [4.78, 5) is 26.1. The van der Waals surface area contributed by atoms with Crippen molar-refractivity contribution in [1.82, 2.24) is 10.6 Å². The SMILES string of the molecule is COc1ccc(C(=O)NC2CCCC2CN)cc1N1CCNC1=O. The quantitative estimate of drug-likeness (QED) is 0.752. The molecule has 3 amide bonds. The normalized spacial score (nSPS) is 23.2. The number of benzene rings is 1. The van der Waals surface area contributed by atoms with Crippen LogP contribution in [0.15, 0.2) is 18.2 Å². The predicted molar refractivity (Wildman–Crippen MR) is 91.4 cm³/mol. The van der Waals surface area contributed by atoms with Gasteiger partial charge in [0, 0.05) is 24.7 Å². The fourth-order valence-corrected chi connectivity index (χ4v) is 3.50. The standard InChI is InChI=1S/C17H24N4O3/c1-24-15-6-5-11(9-14(15)21-8-7-19-17(21)23)16(22)20-13-4-2-3-12(13)10-18/h5-6,9,12-13H,2-4,7-8,10,18H2,1H3,(H,19,23)(H,20,22). The Kier molecular flexibility index (Phi) is 4.89. The van der Waals surface area contributed by atoms with Gasteiger partial charge in [-0.05, 0) is 43.5 Å². The summed E-state index contributed by atoms with van der Waals surface area (Å²) in [6.45, 7) is 1.73. The van der Waals surface area contributed by atoms with Gasteiger partial charge in [0.25, 0.3) is 5.91 Å². The maximum atomic E-state index is 12.6. The van der Waals surface area contributed by atoms with E-state index in [-0.39, 0.29) is 18.0 Å². The van der Waals surface area contributed by atoms with Gasteiger partial charge < -0.3 is 21.1 Å². The van der Waals surface area contributed by atoms with Crippen LogP contribution in [0.5, 0.6) is 5.75 Å². The number of nitrogens with one attached hydrogen (secondary N) is 2. The van der Waals surface area contributed by atoms with Crippen LogP contribution in [-0.2, 0) is 0 Å². The highest BCUT2D eigenvalue weighted by molar-refractivity contribution is 6.00. The second kappa shape index (κ2) is 7.09. The molecule has 1 heterocycles. The second-order valence-corrected chi connectivity index (χ2v) is 6.28. The van der Waals surface area contributed by atoms with Crippen molar-refractivity contribution >= 4 is 17.6 Å². The molecule has 1 aromatic carbocycles. The third-order valence-corrected chi connectivity index (χ3v) is 4.87. The summed E-state index contributed by atoms with van der Waals surface area (Å²) in [5, 5.41) is 5.84. The summed E-state index contributed by atoms with van der Waals surface area (Å²) in [5.74, 6) is 0.782. The van der Waals surface area contributed by atoms with E-state index in [1.54, 1.807) is 30.2 Å². The van der Waals surface area contributed by atoms with E-state index in [0.717, 1.165) is 19.3 Å². The summed E-state index contributed by atoms with van der Waals surface area (Å²) in [6.07, 6.45) is 3.11. The van der Waals surface area contributed by atoms with Gasteiger partial charge in [0.2, 0.25) is 0 Å². The van der Waals surface area contributed by atoms with Crippen LogP contribution in [0.2, 0.25) is 0 Å². The summed E-state index contributed by atoms with van der Waals surface area (Å²) < 4.78 is 5.34. The van der Waals surface area contributed by atoms with Crippen LogP contribution in [0.3, 0.4) is 0 Å². The van der Waals surface area contributed by atoms with E-state index < -0.39 is 0 Å². The molecular weight excluding hydrogens is 308 g/mol. The molecule has 2 fully saturated rings. The fraction of sp³-hybridized carbons (Fsp3) is 0.529. The minimum absolute atomic E-state index is 0.128. The van der Waals surface area contributed by atoms with Gasteiger partial charge in [0.15, 0.2) is 0 Å². The van der Waals surface area contributed by atoms with Gasteiger partial charge in [-0.3, -0.25) is 9.69 Å². The highest BCUT2D eigenvalue weighted by atomic mass is 16.5. The molecule has 130 valence electrons. The predicted octanol–water partition coefficient (Wildman–Crippen LogP) is 1.08. The van der Waals surface area contributed by atoms with Crippen LogP contribution in [0.4, 0.5) is 10.5 Å². The molecule has 1 aliphatic heterocycles. The third kappa shape index (κ3) is 3.17. The Morgan fingerprint density at radius 2 is 2.29 bits per heavy atom. The molecule has 1 saturated carbocycles. The lowest BCUT2D eigenvalue weighted by Crippen LogP contribution is -2.40. The zero-order valence-corrected chi connectivity index (χ0v) is 13.9. The van der Waals surface area contributed by atoms with Crippen LogP contribution in [-0.4, -0.2) is 44.7 Å². The van der Waals surface area contributed by atoms with Gasteiger partial charge in [-0.25, -0.2) is 4.79 Å². The number of nitrogens with zero attached hydrogens (tertiary/aromatic N) is 1. The van der Waals surface area contributed by atoms with Gasteiger partial charge in [0.1, 0.15) is 5.75 Å². The van der Waals surface area contributed by atoms with Crippen molar-refractivity contribution < 1.29 is 14.3 Å². The number of methoxy groups -OCH3 is 1. The molecule has 4 N–H and O–H groups in total. The zero-order chi connectivity index (χ0) is 17.1. The highest BCUT2D eigenvalue weighted by Crippen LogP contribution is 2.31. The van der Waals surface area contributed by atoms with Crippen LogP contribution < -0.4 is 26.0 Å². The van der Waals surface area contributed by atoms with Gasteiger partial charge in [-0.15, -0.1) is 0 Å². The van der Waals surface area contributed by atoms with Crippen LogP contribution in [0, 0.1) is 5.92 Å². The lowest BCUT2D eigenvalue weighted by atomic mass is 10.0. The second-order valence-electron chi connectivity index (χ2n) is 6.28. The molecule has 0 radical (unpaired) electrons. The first kappa shape index (κ1) is 16.6. The van der Waals surface area contributed by atoms with E-state index in [2.05, 4.69) is 10.6 Å². The molecular formula is C17H24N4O3. The maximum Gasteiger partial charge on any atom is 0.322 e. The number of urea groups is 1. The number of anilines is 1. The Morgan fingerprint density at radius 3 is 2.96 bits per heavy atom. The smallest absolute Gasteiger partial charge is 0.322 e. The molecule has 0 bridgehead atoms. The number of carbonyl (C=O) groups excluding carboxylic acids is 2. The Labute approximate surface area is 141 Å². The van der Waals surface area contributed by atoms with E-state index >= 15 is 0 Å². The number of hydrogen-bond donors (Lipinski definition) is 3. The monoisotopic (exact) mass is 332 g/mol. The van der Waals surface area contributed by atoms with Crippen LogP contribution >= 0.6 is 0 Å². The molecule has 1 aromatic rings. The molecule has 24 heavy (non-hydrogen) atoms. The zero-order valence-electron chi connectivity index (χ0n) is 13.9. The van der Waals surface area contributed by atoms with Crippen molar-refractivity contribution in [2.24, 2.45) is 11.7 Å². The Morgan fingerprint density at radius 1 is 1.46 bits per heavy atom. The lowest BCUT2D eigenvalue weighted by Gasteiger charge is -2.21. The van der Waals surface area contributed by atoms with Crippen molar-refractivity contribution in [3.05, 3.63) is 23.8 Å². The van der Waals surface area contributed by atoms with E-state index in [0.29, 0.717) is 42.6 Å². The van der Waals surface area contributed by atoms with Crippen molar-refractivity contribution in [2.45, 2.75) is 25.3 Å². The average molecular weight is 332 g/mol. The van der Waals surface area contributed by atoms with E-state index in [9.17, 15) is 9.59 Å². The summed E-state index contributed by atoms with van der Waals surface area (Å²) >= 11 is 0. The van der Waals surface area contributed by atoms with E-state index in [1.807, 2.05) is 0 Å². The summed E-state index contributed by atoms with van der Waals surface area (Å²) in [6, 6.07) is 5.11. The minimum atomic E-state index is -0.176. The molecule has 0 aromatic heterocycles. The van der Waals surface area contributed by atoms with Crippen LogP contribution in [0.25, 0.3) is 0 Å². The summed E-state index contributed by atoms with van der Waals surface area (Å²) in [7, 11) is 1.55. The number of ether oxygens (including phenoxy) is 1. The largest absolute Gasteiger partial charge is 0.495 e. The third-order valence-electron chi connectivity index (χ3n) is 4.87. The number of rotatable bonds is 5. The molecule has 7 heteroatoms. The Hall–Kier alpha value is -2.28. The number of carbonyl (C=O) groups is 2. The van der Waals surface area contributed by atoms with Gasteiger partial charge >= 0.3 is 6.03 Å². The topological polar surface area (TPSA) is 96.7 Å². The van der Waals surface area contributed by atoms with Gasteiger partial charge in [0.05, 0.1) is 12.8 Å². The Balaban J connectivity index is 1.80. The van der Waals surface area contributed by atoms with Crippen molar-refractivity contribution in [3.8, 4) is 5.75 Å². The lowest BCUT2D eigenvalue weighted by molar-refractivity contribution is 0.0928. The molecule has 0 spiro atoms. The van der Waals surface area contributed by atoms with Crippen LogP contribution in [0.1, 0.15) is 29.6 Å². The van der Waals surface area contributed by atoms with Crippen molar-refractivity contribution in [1.29, 1.82) is 0 Å².